The van der Waals surface area contributed by atoms with Gasteiger partial charge < -0.3 is 10.0 Å². The van der Waals surface area contributed by atoms with Gasteiger partial charge in [-0.25, -0.2) is 4.79 Å². The van der Waals surface area contributed by atoms with Crippen molar-refractivity contribution in [3.63, 3.8) is 0 Å². The Morgan fingerprint density at radius 2 is 2.00 bits per heavy atom. The fourth-order valence-corrected chi connectivity index (χ4v) is 3.96. The molecule has 102 valence electrons. The number of benzene rings is 1. The minimum absolute atomic E-state index is 0.300. The van der Waals surface area contributed by atoms with Crippen LogP contribution < -0.4 is 0 Å². The third kappa shape index (κ3) is 2.58. The highest BCUT2D eigenvalue weighted by Crippen LogP contribution is 2.51. The number of carbonyl (C=O) groups excluding carboxylic acids is 1. The molecule has 1 aromatic carbocycles. The summed E-state index contributed by atoms with van der Waals surface area (Å²) >= 11 is 7.31. The molecular formula is C13H14ClNO3S. The number of hydrogen-bond donors (Lipinski definition) is 1. The van der Waals surface area contributed by atoms with Gasteiger partial charge in [0, 0.05) is 9.77 Å². The normalized spacial score (nSPS) is 25.3. The topological polar surface area (TPSA) is 57.6 Å². The molecule has 0 radical (unpaired) electrons. The number of amides is 1. The molecule has 1 heterocycles. The van der Waals surface area contributed by atoms with E-state index < -0.39 is 16.8 Å². The fourth-order valence-electron chi connectivity index (χ4n) is 2.32. The number of thioether (sulfide) groups is 1. The molecule has 0 aromatic heterocycles. The van der Waals surface area contributed by atoms with E-state index in [4.69, 9.17) is 11.6 Å². The quantitative estimate of drug-likeness (QED) is 0.872. The van der Waals surface area contributed by atoms with Gasteiger partial charge in [-0.1, -0.05) is 23.7 Å². The summed E-state index contributed by atoms with van der Waals surface area (Å²) in [4.78, 5) is 24.0. The lowest BCUT2D eigenvalue weighted by Crippen LogP contribution is -2.45. The summed E-state index contributed by atoms with van der Waals surface area (Å²) in [7, 11) is 0. The summed E-state index contributed by atoms with van der Waals surface area (Å²) < 4.78 is -0.545. The monoisotopic (exact) mass is 299 g/mol. The van der Waals surface area contributed by atoms with E-state index in [0.29, 0.717) is 11.4 Å². The van der Waals surface area contributed by atoms with Crippen LogP contribution >= 0.6 is 23.4 Å². The van der Waals surface area contributed by atoms with E-state index in [9.17, 15) is 14.7 Å². The van der Waals surface area contributed by atoms with Gasteiger partial charge in [-0.2, -0.15) is 0 Å². The van der Waals surface area contributed by atoms with Gasteiger partial charge in [0.2, 0.25) is 6.41 Å². The first-order valence-corrected chi connectivity index (χ1v) is 7.01. The van der Waals surface area contributed by atoms with Crippen LogP contribution in [0.1, 0.15) is 24.8 Å². The lowest BCUT2D eigenvalue weighted by atomic mass is 10.0. The molecular weight excluding hydrogens is 286 g/mol. The molecule has 0 saturated carbocycles. The van der Waals surface area contributed by atoms with Crippen LogP contribution in [0.3, 0.4) is 0 Å². The van der Waals surface area contributed by atoms with Gasteiger partial charge in [0.25, 0.3) is 0 Å². The van der Waals surface area contributed by atoms with Crippen molar-refractivity contribution in [2.45, 2.75) is 30.0 Å². The zero-order chi connectivity index (χ0) is 14.2. The fraction of sp³-hybridized carbons (Fsp3) is 0.385. The molecule has 4 nitrogen and oxygen atoms in total. The van der Waals surface area contributed by atoms with Gasteiger partial charge >= 0.3 is 5.97 Å². The number of halogens is 1. The van der Waals surface area contributed by atoms with Gasteiger partial charge in [-0.15, -0.1) is 11.8 Å². The van der Waals surface area contributed by atoms with Crippen molar-refractivity contribution in [3.8, 4) is 0 Å². The van der Waals surface area contributed by atoms with E-state index in [1.165, 1.54) is 16.7 Å². The van der Waals surface area contributed by atoms with Gasteiger partial charge in [0.15, 0.2) is 0 Å². The number of carboxylic acid groups (broad SMARTS) is 1. The van der Waals surface area contributed by atoms with E-state index in [1.807, 2.05) is 26.0 Å². The number of nitrogens with zero attached hydrogens (tertiary/aromatic N) is 1. The second-order valence-corrected chi connectivity index (χ2v) is 7.09. The van der Waals surface area contributed by atoms with E-state index >= 15 is 0 Å². The molecule has 0 aliphatic carbocycles. The standard InChI is InChI=1S/C13H14ClNO3S/c1-13(2)10(12(17)18)15(7-16)11(19-13)8-3-5-9(14)6-4-8/h3-7,10-11H,1-2H3,(H,17,18). The first-order chi connectivity index (χ1) is 8.86. The number of hydrogen-bond acceptors (Lipinski definition) is 3. The van der Waals surface area contributed by atoms with E-state index in [2.05, 4.69) is 0 Å². The summed E-state index contributed by atoms with van der Waals surface area (Å²) in [5.74, 6) is -0.985. The Kier molecular flexibility index (Phi) is 3.78. The molecule has 1 amide bonds. The highest BCUT2D eigenvalue weighted by atomic mass is 35.5. The van der Waals surface area contributed by atoms with Crippen molar-refractivity contribution in [3.05, 3.63) is 34.9 Å². The molecule has 1 fully saturated rings. The molecule has 2 rings (SSSR count). The van der Waals surface area contributed by atoms with Crippen molar-refractivity contribution >= 4 is 35.7 Å². The number of rotatable bonds is 3. The molecule has 1 saturated heterocycles. The van der Waals surface area contributed by atoms with Crippen molar-refractivity contribution < 1.29 is 14.7 Å². The number of carbonyl (C=O) groups is 2. The Hall–Kier alpha value is -1.20. The summed E-state index contributed by atoms with van der Waals surface area (Å²) in [5.41, 5.74) is 0.873. The van der Waals surface area contributed by atoms with Crippen molar-refractivity contribution in [2.75, 3.05) is 0 Å². The summed E-state index contributed by atoms with van der Waals surface area (Å²) in [6.07, 6.45) is 0.611. The predicted molar refractivity (Wildman–Crippen MR) is 75.2 cm³/mol. The van der Waals surface area contributed by atoms with Crippen LogP contribution in [0.5, 0.6) is 0 Å². The van der Waals surface area contributed by atoms with Crippen LogP contribution in [-0.2, 0) is 9.59 Å². The molecule has 1 aliphatic rings. The Labute approximate surface area is 120 Å². The van der Waals surface area contributed by atoms with Crippen molar-refractivity contribution in [1.82, 2.24) is 4.90 Å². The Balaban J connectivity index is 2.39. The smallest absolute Gasteiger partial charge is 0.327 e. The molecule has 1 N–H and O–H groups in total. The SMILES string of the molecule is CC1(C)SC(c2ccc(Cl)cc2)N(C=O)C1C(=O)O. The number of carboxylic acids is 1. The van der Waals surface area contributed by atoms with Gasteiger partial charge in [-0.3, -0.25) is 4.79 Å². The molecule has 1 aliphatic heterocycles. The van der Waals surface area contributed by atoms with Gasteiger partial charge in [0.1, 0.15) is 11.4 Å². The molecule has 0 spiro atoms. The van der Waals surface area contributed by atoms with Crippen LogP contribution in [0.25, 0.3) is 0 Å². The van der Waals surface area contributed by atoms with Gasteiger partial charge in [-0.05, 0) is 31.5 Å². The van der Waals surface area contributed by atoms with Crippen LogP contribution in [0, 0.1) is 0 Å². The van der Waals surface area contributed by atoms with E-state index in [1.54, 1.807) is 12.1 Å². The average molecular weight is 300 g/mol. The molecule has 2 unspecified atom stereocenters. The lowest BCUT2D eigenvalue weighted by Gasteiger charge is -2.26. The lowest BCUT2D eigenvalue weighted by molar-refractivity contribution is -0.147. The average Bonchev–Trinajstić information content (AvgIpc) is 2.61. The predicted octanol–water partition coefficient (Wildman–Crippen LogP) is 2.78. The Morgan fingerprint density at radius 1 is 1.42 bits per heavy atom. The van der Waals surface area contributed by atoms with E-state index in [0.717, 1.165) is 5.56 Å². The van der Waals surface area contributed by atoms with Crippen LogP contribution in [0.2, 0.25) is 5.02 Å². The third-order valence-corrected chi connectivity index (χ3v) is 4.98. The summed E-state index contributed by atoms with van der Waals surface area (Å²) in [6.45, 7) is 3.67. The van der Waals surface area contributed by atoms with Crippen LogP contribution in [0.15, 0.2) is 24.3 Å². The molecule has 1 aromatic rings. The maximum atomic E-state index is 11.4. The van der Waals surface area contributed by atoms with Crippen molar-refractivity contribution in [1.29, 1.82) is 0 Å². The second-order valence-electron chi connectivity index (χ2n) is 4.92. The van der Waals surface area contributed by atoms with Crippen LogP contribution in [0.4, 0.5) is 0 Å². The first kappa shape index (κ1) is 14.2. The minimum Gasteiger partial charge on any atom is -0.480 e. The molecule has 0 bridgehead atoms. The van der Waals surface area contributed by atoms with Gasteiger partial charge in [0.05, 0.1) is 0 Å². The first-order valence-electron chi connectivity index (χ1n) is 5.75. The molecule has 6 heteroatoms. The third-order valence-electron chi connectivity index (χ3n) is 3.15. The zero-order valence-electron chi connectivity index (χ0n) is 10.5. The van der Waals surface area contributed by atoms with Crippen LogP contribution in [-0.4, -0.2) is 33.2 Å². The van der Waals surface area contributed by atoms with Crippen molar-refractivity contribution in [2.24, 2.45) is 0 Å². The molecule has 2 atom stereocenters. The number of aliphatic carboxylic acids is 1. The van der Waals surface area contributed by atoms with E-state index in [-0.39, 0.29) is 5.37 Å². The Morgan fingerprint density at radius 3 is 2.47 bits per heavy atom. The Bertz CT molecular complexity index is 503. The highest BCUT2D eigenvalue weighted by molar-refractivity contribution is 8.01. The molecule has 19 heavy (non-hydrogen) atoms. The minimum atomic E-state index is -0.985. The largest absolute Gasteiger partial charge is 0.480 e. The maximum Gasteiger partial charge on any atom is 0.327 e. The highest BCUT2D eigenvalue weighted by Gasteiger charge is 2.51. The maximum absolute atomic E-state index is 11.4. The zero-order valence-corrected chi connectivity index (χ0v) is 12.1. The summed E-state index contributed by atoms with van der Waals surface area (Å²) in [6, 6.07) is 6.27. The summed E-state index contributed by atoms with van der Waals surface area (Å²) in [5, 5.41) is 9.63. The second kappa shape index (κ2) is 5.06.